The molecular weight excluding hydrogens is 371 g/mol. The maximum atomic E-state index is 12.5. The first kappa shape index (κ1) is 19.2. The van der Waals surface area contributed by atoms with E-state index in [1.807, 2.05) is 16.8 Å². The molecule has 0 radical (unpaired) electrons. The van der Waals surface area contributed by atoms with Crippen molar-refractivity contribution in [2.45, 2.75) is 37.5 Å². The van der Waals surface area contributed by atoms with Gasteiger partial charge in [-0.3, -0.25) is 9.69 Å². The third kappa shape index (κ3) is 4.37. The molecule has 2 fully saturated rings. The van der Waals surface area contributed by atoms with Crippen molar-refractivity contribution in [3.63, 3.8) is 0 Å². The second-order valence-corrected chi connectivity index (χ2v) is 7.20. The monoisotopic (exact) mass is 391 g/mol. The van der Waals surface area contributed by atoms with Crippen LogP contribution in [0.5, 0.6) is 0 Å². The molecule has 0 bridgehead atoms. The molecule has 144 valence electrons. The average molecular weight is 392 g/mol. The zero-order valence-electron chi connectivity index (χ0n) is 14.4. The average Bonchev–Trinajstić information content (AvgIpc) is 2.94. The van der Waals surface area contributed by atoms with E-state index in [4.69, 9.17) is 11.6 Å². The zero-order chi connectivity index (χ0) is 18.9. The highest BCUT2D eigenvalue weighted by Gasteiger charge is 2.42. The van der Waals surface area contributed by atoms with E-state index in [1.54, 1.807) is 12.4 Å². The van der Waals surface area contributed by atoms with E-state index in [1.165, 1.54) is 0 Å². The number of hydrogen-bond donors (Lipinski definition) is 0. The number of alkyl halides is 3. The molecule has 0 aromatic carbocycles. The number of hydrogen-bond acceptors (Lipinski definition) is 5. The van der Waals surface area contributed by atoms with Crippen LogP contribution < -0.4 is 4.90 Å². The predicted molar refractivity (Wildman–Crippen MR) is 91.1 cm³/mol. The summed E-state index contributed by atoms with van der Waals surface area (Å²) in [4.78, 5) is 25.6. The number of rotatable bonds is 4. The molecule has 1 aromatic rings. The van der Waals surface area contributed by atoms with Crippen LogP contribution in [0.3, 0.4) is 0 Å². The van der Waals surface area contributed by atoms with Gasteiger partial charge in [-0.25, -0.2) is 9.97 Å². The lowest BCUT2D eigenvalue weighted by Gasteiger charge is -2.38. The van der Waals surface area contributed by atoms with Crippen molar-refractivity contribution in [2.24, 2.45) is 0 Å². The molecular formula is C16H21ClF3N5O. The molecule has 2 saturated heterocycles. The van der Waals surface area contributed by atoms with Crippen molar-refractivity contribution in [3.8, 4) is 0 Å². The van der Waals surface area contributed by atoms with E-state index in [9.17, 15) is 18.0 Å². The van der Waals surface area contributed by atoms with Gasteiger partial charge in [0.1, 0.15) is 6.54 Å². The fourth-order valence-corrected chi connectivity index (χ4v) is 3.77. The molecule has 2 aliphatic heterocycles. The SMILES string of the molecule is CN(c1ncc(Cl)cn1)C1CCN(C2CCN(CC(F)(F)F)C2=O)CC1. The Morgan fingerprint density at radius 1 is 1.19 bits per heavy atom. The summed E-state index contributed by atoms with van der Waals surface area (Å²) in [6.45, 7) is 0.342. The largest absolute Gasteiger partial charge is 0.406 e. The minimum Gasteiger partial charge on any atom is -0.341 e. The summed E-state index contributed by atoms with van der Waals surface area (Å²) < 4.78 is 37.6. The van der Waals surface area contributed by atoms with Crippen molar-refractivity contribution in [1.29, 1.82) is 0 Å². The zero-order valence-corrected chi connectivity index (χ0v) is 15.2. The van der Waals surface area contributed by atoms with E-state index in [2.05, 4.69) is 9.97 Å². The van der Waals surface area contributed by atoms with Crippen molar-refractivity contribution in [1.82, 2.24) is 19.8 Å². The summed E-state index contributed by atoms with van der Waals surface area (Å²) in [5.74, 6) is 0.177. The van der Waals surface area contributed by atoms with Gasteiger partial charge in [-0.2, -0.15) is 13.2 Å². The highest BCUT2D eigenvalue weighted by molar-refractivity contribution is 6.30. The summed E-state index contributed by atoms with van der Waals surface area (Å²) in [5.41, 5.74) is 0. The van der Waals surface area contributed by atoms with Crippen molar-refractivity contribution in [3.05, 3.63) is 17.4 Å². The summed E-state index contributed by atoms with van der Waals surface area (Å²) in [6, 6.07) is -0.217. The smallest absolute Gasteiger partial charge is 0.341 e. The van der Waals surface area contributed by atoms with Crippen molar-refractivity contribution in [2.75, 3.05) is 38.1 Å². The summed E-state index contributed by atoms with van der Waals surface area (Å²) >= 11 is 5.80. The highest BCUT2D eigenvalue weighted by Crippen LogP contribution is 2.27. The number of carbonyl (C=O) groups excluding carboxylic acids is 1. The standard InChI is InChI=1S/C16H21ClF3N5O/c1-23(15-21-8-11(17)9-22-15)12-2-5-24(6-3-12)13-4-7-25(14(13)26)10-16(18,19)20/h8-9,12-13H,2-7,10H2,1H3. The fourth-order valence-electron chi connectivity index (χ4n) is 3.67. The van der Waals surface area contributed by atoms with Gasteiger partial charge in [0.05, 0.1) is 23.5 Å². The minimum atomic E-state index is -4.35. The van der Waals surface area contributed by atoms with Crippen molar-refractivity contribution >= 4 is 23.5 Å². The molecule has 2 aliphatic rings. The van der Waals surface area contributed by atoms with E-state index in [-0.39, 0.29) is 12.6 Å². The second-order valence-electron chi connectivity index (χ2n) is 6.76. The van der Waals surface area contributed by atoms with Crippen molar-refractivity contribution < 1.29 is 18.0 Å². The molecule has 0 aliphatic carbocycles. The van der Waals surface area contributed by atoms with E-state index in [0.29, 0.717) is 30.5 Å². The van der Waals surface area contributed by atoms with Gasteiger partial charge in [0.15, 0.2) is 0 Å². The molecule has 1 aromatic heterocycles. The minimum absolute atomic E-state index is 0.168. The molecule has 3 rings (SSSR count). The Morgan fingerprint density at radius 2 is 1.81 bits per heavy atom. The second kappa shape index (κ2) is 7.56. The van der Waals surface area contributed by atoms with Gasteiger partial charge in [0.2, 0.25) is 11.9 Å². The van der Waals surface area contributed by atoms with Crippen LogP contribution in [0, 0.1) is 0 Å². The normalized spacial score (nSPS) is 22.9. The number of carbonyl (C=O) groups is 1. The first-order chi connectivity index (χ1) is 12.2. The molecule has 1 unspecified atom stereocenters. The quantitative estimate of drug-likeness (QED) is 0.787. The molecule has 10 heteroatoms. The number of aromatic nitrogens is 2. The van der Waals surface area contributed by atoms with Crippen LogP contribution in [0.2, 0.25) is 5.02 Å². The lowest BCUT2D eigenvalue weighted by Crippen LogP contribution is -2.50. The summed E-state index contributed by atoms with van der Waals surface area (Å²) in [6.07, 6.45) is 0.787. The molecule has 0 saturated carbocycles. The maximum Gasteiger partial charge on any atom is 0.406 e. The molecule has 0 spiro atoms. The number of piperidine rings is 1. The Morgan fingerprint density at radius 3 is 2.38 bits per heavy atom. The van der Waals surface area contributed by atoms with E-state index >= 15 is 0 Å². The van der Waals surface area contributed by atoms with Gasteiger partial charge in [0.25, 0.3) is 0 Å². The van der Waals surface area contributed by atoms with Gasteiger partial charge in [-0.1, -0.05) is 11.6 Å². The molecule has 3 heterocycles. The Hall–Kier alpha value is -1.61. The van der Waals surface area contributed by atoms with Gasteiger partial charge < -0.3 is 9.80 Å². The topological polar surface area (TPSA) is 52.6 Å². The Bertz CT molecular complexity index is 634. The Balaban J connectivity index is 1.54. The maximum absolute atomic E-state index is 12.5. The van der Waals surface area contributed by atoms with E-state index < -0.39 is 24.7 Å². The fraction of sp³-hybridized carbons (Fsp3) is 0.688. The molecule has 6 nitrogen and oxygen atoms in total. The molecule has 26 heavy (non-hydrogen) atoms. The number of likely N-dealkylation sites (tertiary alicyclic amines) is 2. The van der Waals surface area contributed by atoms with Crippen LogP contribution in [0.1, 0.15) is 19.3 Å². The predicted octanol–water partition coefficient (Wildman–Crippen LogP) is 2.19. The third-order valence-corrected chi connectivity index (χ3v) is 5.24. The highest BCUT2D eigenvalue weighted by atomic mass is 35.5. The number of amides is 1. The number of anilines is 1. The Labute approximate surface area is 154 Å². The lowest BCUT2D eigenvalue weighted by molar-refractivity contribution is -0.159. The molecule has 0 N–H and O–H groups in total. The van der Waals surface area contributed by atoms with Crippen LogP contribution in [-0.4, -0.2) is 77.2 Å². The first-order valence-corrected chi connectivity index (χ1v) is 8.92. The first-order valence-electron chi connectivity index (χ1n) is 8.54. The van der Waals surface area contributed by atoms with Crippen LogP contribution in [0.25, 0.3) is 0 Å². The van der Waals surface area contributed by atoms with E-state index in [0.717, 1.165) is 17.7 Å². The molecule has 1 amide bonds. The van der Waals surface area contributed by atoms with Gasteiger partial charge >= 0.3 is 6.18 Å². The third-order valence-electron chi connectivity index (χ3n) is 5.05. The van der Waals surface area contributed by atoms with Crippen LogP contribution >= 0.6 is 11.6 Å². The lowest BCUT2D eigenvalue weighted by atomic mass is 10.0. The van der Waals surface area contributed by atoms with Gasteiger partial charge in [0, 0.05) is 32.7 Å². The van der Waals surface area contributed by atoms with Crippen LogP contribution in [0.4, 0.5) is 19.1 Å². The summed E-state index contributed by atoms with van der Waals surface area (Å²) in [5, 5.41) is 0.472. The molecule has 1 atom stereocenters. The number of nitrogens with zero attached hydrogens (tertiary/aromatic N) is 5. The summed E-state index contributed by atoms with van der Waals surface area (Å²) in [7, 11) is 1.91. The van der Waals surface area contributed by atoms with Gasteiger partial charge in [-0.05, 0) is 19.3 Å². The van der Waals surface area contributed by atoms with Gasteiger partial charge in [-0.15, -0.1) is 0 Å². The van der Waals surface area contributed by atoms with Crippen LogP contribution in [0.15, 0.2) is 12.4 Å². The van der Waals surface area contributed by atoms with Crippen LogP contribution in [-0.2, 0) is 4.79 Å². The number of halogens is 4. The Kier molecular flexibility index (Phi) is 5.57.